The van der Waals surface area contributed by atoms with Crippen molar-refractivity contribution in [3.8, 4) is 0 Å². The van der Waals surface area contributed by atoms with Gasteiger partial charge in [-0.25, -0.2) is 4.39 Å². The van der Waals surface area contributed by atoms with Gasteiger partial charge in [0.25, 0.3) is 0 Å². The summed E-state index contributed by atoms with van der Waals surface area (Å²) in [4.78, 5) is 13.6. The second kappa shape index (κ2) is 6.56. The Morgan fingerprint density at radius 3 is 2.24 bits per heavy atom. The normalized spacial score (nSPS) is 17.9. The summed E-state index contributed by atoms with van der Waals surface area (Å²) in [5.41, 5.74) is 0.714. The van der Waals surface area contributed by atoms with Crippen LogP contribution in [-0.4, -0.2) is 36.5 Å². The molecule has 2 rings (SSSR count). The number of nitrogens with zero attached hydrogens (tertiary/aromatic N) is 1. The molecule has 0 atom stereocenters. The molecule has 0 aromatic heterocycles. The molecule has 1 saturated heterocycles. The van der Waals surface area contributed by atoms with Gasteiger partial charge < -0.3 is 0 Å². The number of carbonyl (C=O) groups excluding carboxylic acids is 1. The fraction of sp³-hybridized carbons (Fsp3) is 0.533. The maximum absolute atomic E-state index is 12.7. The number of Topliss-reactive ketones (excluding diaryl/α,β-unsaturated/α-hetero) is 1. The Labute approximate surface area is 120 Å². The fourth-order valence-corrected chi connectivity index (χ4v) is 2.55. The van der Waals surface area contributed by atoms with Crippen LogP contribution in [-0.2, 0) is 11.2 Å². The van der Waals surface area contributed by atoms with Gasteiger partial charge in [0, 0.05) is 6.42 Å². The Hall–Kier alpha value is -1.43. The summed E-state index contributed by atoms with van der Waals surface area (Å²) in [7, 11) is 0. The van der Waals surface area contributed by atoms with Gasteiger partial charge in [-0.1, -0.05) is 12.1 Å². The van der Waals surface area contributed by atoms with E-state index in [-0.39, 0.29) is 37.4 Å². The number of piperidine rings is 1. The summed E-state index contributed by atoms with van der Waals surface area (Å²) < 4.78 is 50.3. The van der Waals surface area contributed by atoms with Gasteiger partial charge in [0.05, 0.1) is 12.5 Å². The molecule has 2 nitrogen and oxygen atoms in total. The van der Waals surface area contributed by atoms with Crippen LogP contribution in [0.25, 0.3) is 0 Å². The van der Waals surface area contributed by atoms with Crippen LogP contribution >= 0.6 is 0 Å². The van der Waals surface area contributed by atoms with Crippen LogP contribution in [0.1, 0.15) is 18.4 Å². The molecule has 6 heteroatoms. The third kappa shape index (κ3) is 4.81. The summed E-state index contributed by atoms with van der Waals surface area (Å²) >= 11 is 0. The molecule has 0 aliphatic carbocycles. The quantitative estimate of drug-likeness (QED) is 0.796. The molecule has 1 aromatic rings. The molecule has 0 bridgehead atoms. The number of benzene rings is 1. The molecule has 1 aromatic carbocycles. The molecular formula is C15H17F4NO. The Morgan fingerprint density at radius 2 is 1.71 bits per heavy atom. The minimum Gasteiger partial charge on any atom is -0.298 e. The lowest BCUT2D eigenvalue weighted by Gasteiger charge is -2.32. The third-order valence-corrected chi connectivity index (χ3v) is 3.76. The molecule has 0 N–H and O–H groups in total. The van der Waals surface area contributed by atoms with Gasteiger partial charge in [-0.3, -0.25) is 9.69 Å². The highest BCUT2D eigenvalue weighted by Gasteiger charge is 2.41. The molecule has 1 aliphatic rings. The van der Waals surface area contributed by atoms with Crippen molar-refractivity contribution < 1.29 is 22.4 Å². The molecule has 1 fully saturated rings. The zero-order chi connectivity index (χ0) is 15.5. The van der Waals surface area contributed by atoms with Crippen molar-refractivity contribution in [1.29, 1.82) is 0 Å². The Balaban J connectivity index is 1.78. The summed E-state index contributed by atoms with van der Waals surface area (Å²) in [6.07, 6.45) is -3.86. The molecule has 0 radical (unpaired) electrons. The van der Waals surface area contributed by atoms with Crippen molar-refractivity contribution in [2.45, 2.75) is 25.4 Å². The first kappa shape index (κ1) is 15.9. The van der Waals surface area contributed by atoms with Crippen molar-refractivity contribution in [3.63, 3.8) is 0 Å². The van der Waals surface area contributed by atoms with Gasteiger partial charge in [0.2, 0.25) is 0 Å². The highest BCUT2D eigenvalue weighted by Crippen LogP contribution is 2.33. The molecule has 0 spiro atoms. The number of hydrogen-bond acceptors (Lipinski definition) is 2. The first-order valence-corrected chi connectivity index (χ1v) is 6.90. The smallest absolute Gasteiger partial charge is 0.298 e. The van der Waals surface area contributed by atoms with E-state index in [1.165, 1.54) is 12.1 Å². The standard InChI is InChI=1S/C15H17F4NO/c16-13-3-1-11(2-4-13)9-14(21)10-20-7-5-12(6-8-20)15(17,18)19/h1-4,12H,5-10H2. The van der Waals surface area contributed by atoms with Gasteiger partial charge in [0.15, 0.2) is 5.78 Å². The van der Waals surface area contributed by atoms with Crippen LogP contribution in [0.4, 0.5) is 17.6 Å². The Bertz CT molecular complexity index is 475. The Kier molecular flexibility index (Phi) is 4.98. The van der Waals surface area contributed by atoms with Crippen LogP contribution in [0, 0.1) is 11.7 Å². The summed E-state index contributed by atoms with van der Waals surface area (Å²) in [6, 6.07) is 5.67. The van der Waals surface area contributed by atoms with E-state index in [0.717, 1.165) is 0 Å². The van der Waals surface area contributed by atoms with E-state index in [1.54, 1.807) is 17.0 Å². The van der Waals surface area contributed by atoms with Gasteiger partial charge in [0.1, 0.15) is 5.82 Å². The van der Waals surface area contributed by atoms with E-state index in [4.69, 9.17) is 0 Å². The van der Waals surface area contributed by atoms with Crippen molar-refractivity contribution in [2.24, 2.45) is 5.92 Å². The van der Waals surface area contributed by atoms with E-state index in [9.17, 15) is 22.4 Å². The van der Waals surface area contributed by atoms with Gasteiger partial charge >= 0.3 is 6.18 Å². The SMILES string of the molecule is O=C(Cc1ccc(F)cc1)CN1CCC(C(F)(F)F)CC1. The largest absolute Gasteiger partial charge is 0.391 e. The average Bonchev–Trinajstić information content (AvgIpc) is 2.41. The number of alkyl halides is 3. The summed E-state index contributed by atoms with van der Waals surface area (Å²) in [6.45, 7) is 0.737. The van der Waals surface area contributed by atoms with Crippen molar-refractivity contribution >= 4 is 5.78 Å². The van der Waals surface area contributed by atoms with E-state index in [2.05, 4.69) is 0 Å². The van der Waals surface area contributed by atoms with E-state index in [1.807, 2.05) is 0 Å². The molecule has 21 heavy (non-hydrogen) atoms. The van der Waals surface area contributed by atoms with Crippen molar-refractivity contribution in [3.05, 3.63) is 35.6 Å². The van der Waals surface area contributed by atoms with Crippen LogP contribution < -0.4 is 0 Å². The lowest BCUT2D eigenvalue weighted by Crippen LogP contribution is -2.41. The van der Waals surface area contributed by atoms with Crippen LogP contribution in [0.15, 0.2) is 24.3 Å². The number of ketones is 1. The predicted octanol–water partition coefficient (Wildman–Crippen LogP) is 3.21. The minimum absolute atomic E-state index is 0.0489. The summed E-state index contributed by atoms with van der Waals surface area (Å²) in [5.74, 6) is -1.67. The first-order valence-electron chi connectivity index (χ1n) is 6.90. The highest BCUT2D eigenvalue weighted by molar-refractivity contribution is 5.82. The zero-order valence-corrected chi connectivity index (χ0v) is 11.5. The number of carbonyl (C=O) groups is 1. The maximum Gasteiger partial charge on any atom is 0.391 e. The lowest BCUT2D eigenvalue weighted by molar-refractivity contribution is -0.185. The second-order valence-electron chi connectivity index (χ2n) is 5.43. The van der Waals surface area contributed by atoms with Crippen molar-refractivity contribution in [2.75, 3.05) is 19.6 Å². The van der Waals surface area contributed by atoms with Gasteiger partial charge in [-0.2, -0.15) is 13.2 Å². The molecule has 1 heterocycles. The Morgan fingerprint density at radius 1 is 1.14 bits per heavy atom. The monoisotopic (exact) mass is 303 g/mol. The predicted molar refractivity (Wildman–Crippen MR) is 70.3 cm³/mol. The third-order valence-electron chi connectivity index (χ3n) is 3.76. The van der Waals surface area contributed by atoms with E-state index >= 15 is 0 Å². The first-order chi connectivity index (χ1) is 9.84. The lowest BCUT2D eigenvalue weighted by atomic mass is 9.96. The topological polar surface area (TPSA) is 20.3 Å². The molecule has 116 valence electrons. The van der Waals surface area contributed by atoms with Crippen LogP contribution in [0.3, 0.4) is 0 Å². The fourth-order valence-electron chi connectivity index (χ4n) is 2.55. The number of likely N-dealkylation sites (tertiary alicyclic amines) is 1. The van der Waals surface area contributed by atoms with Gasteiger partial charge in [-0.05, 0) is 43.6 Å². The minimum atomic E-state index is -4.13. The van der Waals surface area contributed by atoms with E-state index in [0.29, 0.717) is 18.7 Å². The number of rotatable bonds is 4. The average molecular weight is 303 g/mol. The van der Waals surface area contributed by atoms with Crippen molar-refractivity contribution in [1.82, 2.24) is 4.90 Å². The molecular weight excluding hydrogens is 286 g/mol. The molecule has 0 amide bonds. The second-order valence-corrected chi connectivity index (χ2v) is 5.43. The summed E-state index contributed by atoms with van der Waals surface area (Å²) in [5, 5.41) is 0. The number of hydrogen-bond donors (Lipinski definition) is 0. The molecule has 0 saturated carbocycles. The van der Waals surface area contributed by atoms with Gasteiger partial charge in [-0.15, -0.1) is 0 Å². The zero-order valence-electron chi connectivity index (χ0n) is 11.5. The van der Waals surface area contributed by atoms with Crippen LogP contribution in [0.5, 0.6) is 0 Å². The van der Waals surface area contributed by atoms with Crippen LogP contribution in [0.2, 0.25) is 0 Å². The number of halogens is 4. The molecule has 0 unspecified atom stereocenters. The molecule has 1 aliphatic heterocycles. The van der Waals surface area contributed by atoms with E-state index < -0.39 is 12.1 Å². The maximum atomic E-state index is 12.7. The highest BCUT2D eigenvalue weighted by atomic mass is 19.4.